The molecule has 0 spiro atoms. The number of aromatic nitrogens is 1. The molecule has 1 heterocycles. The molecule has 0 amide bonds. The van der Waals surface area contributed by atoms with Crippen LogP contribution < -0.4 is 0 Å². The van der Waals surface area contributed by atoms with Crippen molar-refractivity contribution in [3.8, 4) is 5.75 Å². The zero-order chi connectivity index (χ0) is 18.9. The number of benzene rings is 1. The average molecular weight is 403 g/mol. The highest BCUT2D eigenvalue weighted by Crippen LogP contribution is 2.35. The summed E-state index contributed by atoms with van der Waals surface area (Å²) in [4.78, 5) is 15.2. The fourth-order valence-corrected chi connectivity index (χ4v) is 3.50. The largest absolute Gasteiger partial charge is 0.508 e. The predicted octanol–water partition coefficient (Wildman–Crippen LogP) is 6.74. The number of Topliss-reactive ketones (excluding diaryl/α,β-unsaturated/α-hetero) is 1. The number of ketones is 1. The standard InChI is InChI=1S/C19H22Cl3NO2/c1-9(2)12-8-15(25)13(10(3)4)7-11(12)5-6-14(24)18-16(20)17(21)19(22)23-18/h7-10,23,25H,5-6H2,1-4H3. The van der Waals surface area contributed by atoms with Gasteiger partial charge in [-0.15, -0.1) is 0 Å². The maximum atomic E-state index is 12.5. The molecular weight excluding hydrogens is 381 g/mol. The number of phenols is 1. The lowest BCUT2D eigenvalue weighted by Gasteiger charge is -2.18. The van der Waals surface area contributed by atoms with E-state index in [9.17, 15) is 9.90 Å². The number of halogens is 3. The van der Waals surface area contributed by atoms with Gasteiger partial charge in [0, 0.05) is 6.42 Å². The average Bonchev–Trinajstić information content (AvgIpc) is 2.80. The SMILES string of the molecule is CC(C)c1cc(CCC(=O)c2[nH]c(Cl)c(Cl)c2Cl)c(C(C)C)cc1O. The normalized spacial score (nSPS) is 11.6. The number of hydrogen-bond acceptors (Lipinski definition) is 2. The summed E-state index contributed by atoms with van der Waals surface area (Å²) in [5, 5.41) is 10.7. The quantitative estimate of drug-likeness (QED) is 0.525. The zero-order valence-electron chi connectivity index (χ0n) is 14.7. The summed E-state index contributed by atoms with van der Waals surface area (Å²) in [5.74, 6) is 0.605. The van der Waals surface area contributed by atoms with E-state index in [0.29, 0.717) is 12.2 Å². The first-order chi connectivity index (χ1) is 11.6. The molecule has 0 unspecified atom stereocenters. The fraction of sp³-hybridized carbons (Fsp3) is 0.421. The predicted molar refractivity (Wildman–Crippen MR) is 105 cm³/mol. The van der Waals surface area contributed by atoms with E-state index >= 15 is 0 Å². The number of carbonyl (C=O) groups excluding carboxylic acids is 1. The highest BCUT2D eigenvalue weighted by molar-refractivity contribution is 6.49. The van der Waals surface area contributed by atoms with Gasteiger partial charge in [0.25, 0.3) is 0 Å². The van der Waals surface area contributed by atoms with E-state index in [-0.39, 0.29) is 44.9 Å². The lowest BCUT2D eigenvalue weighted by atomic mass is 9.89. The molecular formula is C19H22Cl3NO2. The van der Waals surface area contributed by atoms with Crippen LogP contribution in [-0.2, 0) is 6.42 Å². The molecule has 0 aliphatic heterocycles. The van der Waals surface area contributed by atoms with Crippen LogP contribution in [0.2, 0.25) is 15.2 Å². The van der Waals surface area contributed by atoms with E-state index in [1.165, 1.54) is 0 Å². The first kappa shape index (κ1) is 20.2. The Morgan fingerprint density at radius 2 is 1.64 bits per heavy atom. The van der Waals surface area contributed by atoms with Gasteiger partial charge in [0.15, 0.2) is 5.78 Å². The van der Waals surface area contributed by atoms with Gasteiger partial charge in [-0.05, 0) is 41.0 Å². The zero-order valence-corrected chi connectivity index (χ0v) is 17.0. The number of aryl methyl sites for hydroxylation is 1. The molecule has 3 nitrogen and oxygen atoms in total. The van der Waals surface area contributed by atoms with Crippen LogP contribution in [0.15, 0.2) is 12.1 Å². The molecule has 1 aromatic carbocycles. The van der Waals surface area contributed by atoms with Crippen LogP contribution in [-0.4, -0.2) is 15.9 Å². The van der Waals surface area contributed by atoms with Crippen molar-refractivity contribution in [2.75, 3.05) is 0 Å². The molecule has 0 bridgehead atoms. The van der Waals surface area contributed by atoms with Gasteiger partial charge >= 0.3 is 0 Å². The minimum Gasteiger partial charge on any atom is -0.508 e. The summed E-state index contributed by atoms with van der Waals surface area (Å²) in [7, 11) is 0. The minimum absolute atomic E-state index is 0.146. The number of hydrogen-bond donors (Lipinski definition) is 2. The van der Waals surface area contributed by atoms with E-state index in [1.807, 2.05) is 26.0 Å². The topological polar surface area (TPSA) is 53.1 Å². The van der Waals surface area contributed by atoms with Crippen molar-refractivity contribution in [3.63, 3.8) is 0 Å². The highest BCUT2D eigenvalue weighted by atomic mass is 35.5. The first-order valence-electron chi connectivity index (χ1n) is 8.24. The van der Waals surface area contributed by atoms with Crippen LogP contribution in [0.3, 0.4) is 0 Å². The Kier molecular flexibility index (Phi) is 6.47. The number of carbonyl (C=O) groups is 1. The summed E-state index contributed by atoms with van der Waals surface area (Å²) in [5.41, 5.74) is 3.23. The Morgan fingerprint density at radius 3 is 2.12 bits per heavy atom. The molecule has 0 radical (unpaired) electrons. The third-order valence-electron chi connectivity index (χ3n) is 4.27. The van der Waals surface area contributed by atoms with Crippen LogP contribution in [0.5, 0.6) is 5.75 Å². The molecule has 2 N–H and O–H groups in total. The number of H-pyrrole nitrogens is 1. The molecule has 0 saturated heterocycles. The molecule has 2 aromatic rings. The number of phenolic OH excluding ortho intramolecular Hbond substituents is 1. The van der Waals surface area contributed by atoms with Gasteiger partial charge in [-0.2, -0.15) is 0 Å². The first-order valence-corrected chi connectivity index (χ1v) is 9.38. The van der Waals surface area contributed by atoms with Crippen molar-refractivity contribution in [1.82, 2.24) is 4.98 Å². The monoisotopic (exact) mass is 401 g/mol. The smallest absolute Gasteiger partial charge is 0.180 e. The molecule has 0 aliphatic rings. The summed E-state index contributed by atoms with van der Waals surface area (Å²) in [6.45, 7) is 8.19. The third kappa shape index (κ3) is 4.33. The second kappa shape index (κ2) is 8.03. The summed E-state index contributed by atoms with van der Waals surface area (Å²) in [6.07, 6.45) is 0.825. The molecule has 25 heavy (non-hydrogen) atoms. The van der Waals surface area contributed by atoms with Gasteiger partial charge in [0.1, 0.15) is 16.6 Å². The van der Waals surface area contributed by atoms with Gasteiger partial charge in [-0.25, -0.2) is 0 Å². The van der Waals surface area contributed by atoms with Gasteiger partial charge in [-0.1, -0.05) is 68.6 Å². The number of aromatic amines is 1. The summed E-state index contributed by atoms with van der Waals surface area (Å²) >= 11 is 17.9. The molecule has 1 aromatic heterocycles. The van der Waals surface area contributed by atoms with Crippen molar-refractivity contribution in [2.24, 2.45) is 0 Å². The van der Waals surface area contributed by atoms with Crippen LogP contribution in [0.4, 0.5) is 0 Å². The fourth-order valence-electron chi connectivity index (χ4n) is 2.88. The third-order valence-corrected chi connectivity index (χ3v) is 5.51. The van der Waals surface area contributed by atoms with Crippen molar-refractivity contribution in [2.45, 2.75) is 52.4 Å². The van der Waals surface area contributed by atoms with Gasteiger partial charge in [-0.3, -0.25) is 4.79 Å². The highest BCUT2D eigenvalue weighted by Gasteiger charge is 2.20. The van der Waals surface area contributed by atoms with Crippen molar-refractivity contribution < 1.29 is 9.90 Å². The lowest BCUT2D eigenvalue weighted by molar-refractivity contribution is 0.0978. The van der Waals surface area contributed by atoms with Crippen LogP contribution in [0, 0.1) is 0 Å². The Labute approximate surface area is 163 Å². The Bertz CT molecular complexity index is 794. The molecule has 6 heteroatoms. The maximum Gasteiger partial charge on any atom is 0.180 e. The Hall–Kier alpha value is -1.16. The minimum atomic E-state index is -0.146. The molecule has 0 aliphatic carbocycles. The van der Waals surface area contributed by atoms with Gasteiger partial charge in [0.05, 0.1) is 10.0 Å². The molecule has 2 rings (SSSR count). The lowest BCUT2D eigenvalue weighted by Crippen LogP contribution is -2.06. The van der Waals surface area contributed by atoms with Crippen LogP contribution >= 0.6 is 34.8 Å². The Morgan fingerprint density at radius 1 is 1.04 bits per heavy atom. The summed E-state index contributed by atoms with van der Waals surface area (Å²) < 4.78 is 0. The second-order valence-corrected chi connectivity index (χ2v) is 7.92. The molecule has 0 saturated carbocycles. The summed E-state index contributed by atoms with van der Waals surface area (Å²) in [6, 6.07) is 3.81. The number of nitrogens with one attached hydrogen (secondary N) is 1. The number of rotatable bonds is 6. The number of aromatic hydroxyl groups is 1. The van der Waals surface area contributed by atoms with Gasteiger partial charge in [0.2, 0.25) is 0 Å². The molecule has 0 fully saturated rings. The van der Waals surface area contributed by atoms with Crippen LogP contribution in [0.25, 0.3) is 0 Å². The van der Waals surface area contributed by atoms with E-state index in [1.54, 1.807) is 0 Å². The van der Waals surface area contributed by atoms with Crippen molar-refractivity contribution >= 4 is 40.6 Å². The van der Waals surface area contributed by atoms with Crippen LogP contribution in [0.1, 0.15) is 73.1 Å². The van der Waals surface area contributed by atoms with E-state index in [0.717, 1.165) is 16.7 Å². The molecule has 136 valence electrons. The van der Waals surface area contributed by atoms with Crippen molar-refractivity contribution in [1.29, 1.82) is 0 Å². The maximum absolute atomic E-state index is 12.5. The van der Waals surface area contributed by atoms with E-state index in [2.05, 4.69) is 18.8 Å². The molecule has 0 atom stereocenters. The Balaban J connectivity index is 2.28. The van der Waals surface area contributed by atoms with E-state index in [4.69, 9.17) is 34.8 Å². The second-order valence-electron chi connectivity index (χ2n) is 6.78. The van der Waals surface area contributed by atoms with Gasteiger partial charge < -0.3 is 10.1 Å². The van der Waals surface area contributed by atoms with Crippen molar-refractivity contribution in [3.05, 3.63) is 49.7 Å². The van der Waals surface area contributed by atoms with E-state index < -0.39 is 0 Å².